The van der Waals surface area contributed by atoms with Crippen LogP contribution in [-0.2, 0) is 123 Å². The molecule has 0 spiro atoms. The van der Waals surface area contributed by atoms with Crippen molar-refractivity contribution in [3.8, 4) is 0 Å². The van der Waals surface area contributed by atoms with Crippen LogP contribution in [-0.4, -0.2) is 264 Å². The summed E-state index contributed by atoms with van der Waals surface area (Å²) < 4.78 is 83.8. The average molecular weight is 1920 g/mol. The number of nitrogens with one attached hydrogen (secondary N) is 2. The van der Waals surface area contributed by atoms with E-state index in [0.29, 0.717) is 0 Å². The van der Waals surface area contributed by atoms with Crippen LogP contribution in [0.3, 0.4) is 0 Å². The number of nitroso groups, excluding NO2 is 6. The number of carboxylic acid groups (broad SMARTS) is 1. The lowest BCUT2D eigenvalue weighted by Crippen LogP contribution is -2.18. The third kappa shape index (κ3) is 95600. The Bertz CT molecular complexity index is 1100. The third-order valence-corrected chi connectivity index (χ3v) is 0.208. The van der Waals surface area contributed by atoms with E-state index in [1.165, 1.54) is 27.1 Å². The number of thiol groups is 4. The van der Waals surface area contributed by atoms with E-state index in [0.717, 1.165) is 0 Å². The molecular formula is C16H143N17O62S11+6. The molecule has 79 nitrogen and oxygen atoms in total. The smallest absolute Gasteiger partial charge is 1.00 e. The van der Waals surface area contributed by atoms with Crippen LogP contribution in [0.5, 0.6) is 0 Å². The first-order valence-corrected chi connectivity index (χ1v) is 11.8. The van der Waals surface area contributed by atoms with Gasteiger partial charge < -0.3 is 259 Å². The van der Waals surface area contributed by atoms with E-state index in [1.807, 2.05) is 10.6 Å². The summed E-state index contributed by atoms with van der Waals surface area (Å²) in [6, 6.07) is 0. The van der Waals surface area contributed by atoms with Crippen molar-refractivity contribution in [2.24, 2.45) is 47.7 Å². The molecule has 0 aromatic heterocycles. The molecular weight excluding hydrogens is 1770 g/mol. The molecule has 0 aromatic rings. The molecule has 0 fully saturated rings. The van der Waals surface area contributed by atoms with Gasteiger partial charge in [-0.25, -0.2) is 0 Å². The molecule has 724 valence electrons. The van der Waals surface area contributed by atoms with Crippen molar-refractivity contribution in [1.29, 1.82) is 32.4 Å². The third-order valence-electron chi connectivity index (χ3n) is 0.208. The van der Waals surface area contributed by atoms with Crippen molar-refractivity contribution >= 4 is 157 Å². The van der Waals surface area contributed by atoms with Crippen LogP contribution >= 0.6 is 39.6 Å². The topological polar surface area (TPSA) is 1820 Å². The SMILES string of the molecule is C.C.C.C.C.C.C.C.C.C.C.C.CS.N#N.N#N.N#N.O.O.O.O.O.O.O.O.O.O.O.O.O.O.O.O.O.O.O.O.O.O.O.O.O.O.O.O.O.O.O.O.O=C=O.O=C=O.O=CO.O=NN=O.O=NN=O.O=NNNN=O.O=NO.O=NO.O=NO.O=O.O=S(=O)=O.O=S([O-])[O-].O=S=O.O=S=O.S.S.[H+].[H+].[H+].[H+].[H+].[H+].[H+].[H+].[H+].[H+].[H+].[H+].[H+].[S-2].[SH-].[SH-].[SH-]. The molecule has 0 aromatic carbocycles. The predicted octanol–water partition coefficient (Wildman–Crippen LogP) is -21.3. The molecule has 106 heavy (non-hydrogen) atoms. The van der Waals surface area contributed by atoms with Gasteiger partial charge >= 0.3 is 64.6 Å². The van der Waals surface area contributed by atoms with Crippen LogP contribution in [0.15, 0.2) is 47.7 Å². The van der Waals surface area contributed by atoms with Crippen LogP contribution in [0.2, 0.25) is 0 Å². The molecule has 0 saturated heterocycles. The minimum absolute atomic E-state index is 0. The second-order valence-electron chi connectivity index (χ2n) is 1.79. The highest BCUT2D eigenvalue weighted by Crippen LogP contribution is 1.53. The van der Waals surface area contributed by atoms with Crippen molar-refractivity contribution in [3.05, 3.63) is 54.1 Å². The lowest BCUT2D eigenvalue weighted by Gasteiger charge is -2.03. The molecule has 0 saturated carbocycles. The average Bonchev–Trinajstić information content (AvgIpc) is 3.17. The van der Waals surface area contributed by atoms with E-state index < -0.39 is 45.1 Å². The van der Waals surface area contributed by atoms with Gasteiger partial charge in [-0.05, 0) is 6.26 Å². The zero-order valence-corrected chi connectivity index (χ0v) is 53.2. The summed E-state index contributed by atoms with van der Waals surface area (Å²) in [6.07, 6.45) is 2.19. The summed E-state index contributed by atoms with van der Waals surface area (Å²) in [5.41, 5.74) is 3.08. The number of hydrazine groups is 1. The van der Waals surface area contributed by atoms with Gasteiger partial charge in [-0.1, -0.05) is 89.1 Å². The maximum absolute atomic E-state index is 8.94. The van der Waals surface area contributed by atoms with Gasteiger partial charge in [-0.3, -0.25) is 9.00 Å². The number of carbonyl (C=O) groups is 1. The van der Waals surface area contributed by atoms with Gasteiger partial charge in [0.15, 0.2) is 16.0 Å². The number of nitrogens with zero attached hydrogens (tertiary/aromatic N) is 15. The number of rotatable bonds is 5. The van der Waals surface area contributed by atoms with Crippen LogP contribution < -0.4 is 11.1 Å². The maximum atomic E-state index is 8.94. The van der Waals surface area contributed by atoms with Crippen LogP contribution in [0.25, 0.3) is 0 Å². The summed E-state index contributed by atoms with van der Waals surface area (Å²) >= 11 is -1.08. The zero-order chi connectivity index (χ0) is 50.5. The van der Waals surface area contributed by atoms with E-state index in [-0.39, 0.29) is 383 Å². The second-order valence-corrected chi connectivity index (χ2v) is 2.88. The molecule has 0 aliphatic carbocycles. The normalized spacial score (nSPS) is 2.25. The van der Waals surface area contributed by atoms with E-state index in [1.54, 1.807) is 27.4 Å². The first-order valence-electron chi connectivity index (χ1n) is 7.53. The van der Waals surface area contributed by atoms with Crippen LogP contribution in [0.4, 0.5) is 0 Å². The predicted molar refractivity (Wildman–Crippen MR) is 417 cm³/mol. The molecule has 0 aliphatic heterocycles. The largest absolute Gasteiger partial charge is 2.00 e. The highest BCUT2D eigenvalue weighted by Gasteiger charge is 1.63. The summed E-state index contributed by atoms with van der Waals surface area (Å²) in [6.45, 7) is -0.250. The Hall–Kier alpha value is -8.01. The molecule has 0 unspecified atom stereocenters. The molecule has 90 heteroatoms. The summed E-state index contributed by atoms with van der Waals surface area (Å²) in [5, 5.41) is 76.8. The van der Waals surface area contributed by atoms with Gasteiger partial charge in [0.25, 0.3) is 6.47 Å². The van der Waals surface area contributed by atoms with Gasteiger partial charge in [-0.15, -0.1) is 68.2 Å². The Morgan fingerprint density at radius 2 is 0.387 bits per heavy atom. The summed E-state index contributed by atoms with van der Waals surface area (Å²) in [7, 11) is -3.11. The lowest BCUT2D eigenvalue weighted by atomic mass is 11.7. The molecule has 0 rings (SSSR count). The minimum atomic E-state index is -3.11. The fourth-order valence-electron chi connectivity index (χ4n) is 0.0408. The van der Waals surface area contributed by atoms with E-state index in [2.05, 4.69) is 12.6 Å². The van der Waals surface area contributed by atoms with Gasteiger partial charge in [0.2, 0.25) is 0 Å². The molecule has 70 N–H and O–H groups in total. The molecule has 0 atom stereocenters. The van der Waals surface area contributed by atoms with Gasteiger partial charge in [0.05, 0.1) is 10.6 Å². The van der Waals surface area contributed by atoms with Crippen molar-refractivity contribution in [2.45, 2.75) is 89.1 Å². The Balaban J connectivity index is -0.00000000158. The monoisotopic (exact) mass is 1920 g/mol. The van der Waals surface area contributed by atoms with E-state index >= 15 is 0 Å². The zero-order valence-electron chi connectivity index (χ0n) is 56.5. The molecule has 0 radical (unpaired) electrons. The van der Waals surface area contributed by atoms with E-state index in [9.17, 15) is 0 Å². The molecule has 0 amide bonds. The Morgan fingerprint density at radius 1 is 0.358 bits per heavy atom. The second kappa shape index (κ2) is 4570. The number of carbonyl (C=O) groups excluding carboxylic acids is 4. The van der Waals surface area contributed by atoms with Crippen molar-refractivity contribution in [3.63, 3.8) is 0 Å². The van der Waals surface area contributed by atoms with Crippen molar-refractivity contribution in [1.82, 2.24) is 11.1 Å². The fourth-order valence-corrected chi connectivity index (χ4v) is 0.0408. The highest BCUT2D eigenvalue weighted by molar-refractivity contribution is 7.79. The Morgan fingerprint density at radius 3 is 0.396 bits per heavy atom. The minimum Gasteiger partial charge on any atom is -2.00 e. The van der Waals surface area contributed by atoms with Crippen molar-refractivity contribution < 1.29 is 281 Å². The quantitative estimate of drug-likeness (QED) is 0.0196. The highest BCUT2D eigenvalue weighted by atomic mass is 32.2. The van der Waals surface area contributed by atoms with Crippen LogP contribution in [0.1, 0.15) is 108 Å². The lowest BCUT2D eigenvalue weighted by molar-refractivity contribution is -0.193. The first-order chi connectivity index (χ1) is 26.5. The maximum Gasteiger partial charge on any atom is 1.00 e. The molecule has 0 aliphatic rings. The van der Waals surface area contributed by atoms with Crippen molar-refractivity contribution in [2.75, 3.05) is 6.26 Å². The summed E-state index contributed by atoms with van der Waals surface area (Å²) in [4.78, 5) is 131. The number of hydrogen-bond acceptors (Lipinski definition) is 41. The Kier molecular flexibility index (Phi) is 44100. The van der Waals surface area contributed by atoms with E-state index in [4.69, 9.17) is 174 Å². The van der Waals surface area contributed by atoms with Gasteiger partial charge in [0.1, 0.15) is 21.1 Å². The fraction of sp³-hybridized carbons (Fsp3) is 0.812. The first kappa shape index (κ1) is 1020. The van der Waals surface area contributed by atoms with Gasteiger partial charge in [0, 0.05) is 42.3 Å². The molecule has 0 bridgehead atoms. The Labute approximate surface area is 677 Å². The van der Waals surface area contributed by atoms with Gasteiger partial charge in [-0.2, -0.15) is 86.7 Å². The molecule has 0 heterocycles. The van der Waals surface area contributed by atoms with Crippen LogP contribution in [0, 0.1) is 86.5 Å². The standard InChI is InChI=1S/CH2O2.2CO2.CH4S.12CH4.H2N4O2.2N2O2.3N2.3HNO2.H2O3S.O3S.2O2S.O2.32H2O.5H2S.S/c3*2-1-3;1-2;;;;;;;;;;;;;5-3-1-2-4-6;2*3-1-2-4;3*1-2;3*2-1-3;2*1-4(2)3;2*1-3-2;1-2;;;;;;;;;;;;;;;;;;;;;;;;;;;;;;;;;;;;;;/h1H,(H,2,3);;;2H,1H3;12*1H4;(H,1,4,5)(H,2,3,6);;;;;;3*(H,2,3);(H2,1,2,3);;;;;37*1H2;/q;;;;;;;;;;;;;;;;;;;;;;;;;;;;;;;;;;;;;;;;;;;;;;;;;;;;;;;;;;;;;;;;;;;-2/p+8. The summed E-state index contributed by atoms with van der Waals surface area (Å²) in [5.74, 6) is 0. The number of hydrogen-bond donors (Lipinski definition) is 7.